The van der Waals surface area contributed by atoms with E-state index in [2.05, 4.69) is 5.32 Å². The number of aliphatic hydroxyl groups is 2. The van der Waals surface area contributed by atoms with Gasteiger partial charge in [0.15, 0.2) is 0 Å². The summed E-state index contributed by atoms with van der Waals surface area (Å²) in [5.74, 6) is -3.59. The van der Waals surface area contributed by atoms with Gasteiger partial charge in [-0.2, -0.15) is 0 Å². The molecule has 0 heterocycles. The third-order valence-corrected chi connectivity index (χ3v) is 1.96. The van der Waals surface area contributed by atoms with Gasteiger partial charge in [0.2, 0.25) is 0 Å². The van der Waals surface area contributed by atoms with Crippen LogP contribution in [0.1, 0.15) is 6.92 Å². The van der Waals surface area contributed by atoms with E-state index in [9.17, 15) is 9.59 Å². The number of carboxylic acid groups (broad SMARTS) is 2. The molecule has 88 valence electrons. The molecule has 3 atom stereocenters. The van der Waals surface area contributed by atoms with Crippen LogP contribution in [0.4, 0.5) is 0 Å². The number of aliphatic carboxylic acids is 2. The molecule has 0 bridgehead atoms. The van der Waals surface area contributed by atoms with Gasteiger partial charge in [-0.25, -0.2) is 0 Å². The summed E-state index contributed by atoms with van der Waals surface area (Å²) < 4.78 is 0. The molecule has 0 saturated heterocycles. The highest BCUT2D eigenvalue weighted by Crippen LogP contribution is 2.02. The summed E-state index contributed by atoms with van der Waals surface area (Å²) in [6.45, 7) is 0.446. The van der Waals surface area contributed by atoms with E-state index in [4.69, 9.17) is 20.4 Å². The van der Waals surface area contributed by atoms with Gasteiger partial charge in [-0.15, -0.1) is 0 Å². The third-order valence-electron chi connectivity index (χ3n) is 1.96. The Bertz CT molecular complexity index is 229. The van der Waals surface area contributed by atoms with Crippen LogP contribution >= 0.6 is 0 Å². The van der Waals surface area contributed by atoms with Crippen LogP contribution in [0.25, 0.3) is 0 Å². The molecule has 0 spiro atoms. The number of rotatable bonds is 7. The second-order valence-electron chi connectivity index (χ2n) is 3.17. The van der Waals surface area contributed by atoms with Crippen molar-refractivity contribution < 1.29 is 30.0 Å². The monoisotopic (exact) mass is 221 g/mol. The Hall–Kier alpha value is -1.18. The molecule has 0 aromatic rings. The average Bonchev–Trinajstić information content (AvgIpc) is 2.10. The first-order chi connectivity index (χ1) is 6.90. The predicted octanol–water partition coefficient (Wildman–Crippen LogP) is -1.90. The number of aliphatic hydroxyl groups excluding tert-OH is 2. The summed E-state index contributed by atoms with van der Waals surface area (Å²) >= 11 is 0. The Labute approximate surface area is 86.3 Å². The van der Waals surface area contributed by atoms with Crippen LogP contribution in [0.15, 0.2) is 0 Å². The van der Waals surface area contributed by atoms with Crippen molar-refractivity contribution in [2.75, 3.05) is 13.2 Å². The minimum Gasteiger partial charge on any atom is -0.481 e. The fourth-order valence-corrected chi connectivity index (χ4v) is 0.963. The highest BCUT2D eigenvalue weighted by atomic mass is 16.4. The quantitative estimate of drug-likeness (QED) is 0.340. The molecular formula is C8H15NO6. The van der Waals surface area contributed by atoms with Crippen LogP contribution in [0, 0.1) is 5.92 Å². The molecule has 0 saturated carbocycles. The lowest BCUT2D eigenvalue weighted by atomic mass is 10.0. The summed E-state index contributed by atoms with van der Waals surface area (Å²) in [5, 5.41) is 37.2. The number of hydrogen-bond acceptors (Lipinski definition) is 5. The van der Waals surface area contributed by atoms with E-state index in [0.29, 0.717) is 0 Å². The van der Waals surface area contributed by atoms with Crippen LogP contribution in [0.3, 0.4) is 0 Å². The van der Waals surface area contributed by atoms with Crippen LogP contribution in [-0.2, 0) is 9.59 Å². The van der Waals surface area contributed by atoms with Crippen LogP contribution in [-0.4, -0.2) is 57.7 Å². The lowest BCUT2D eigenvalue weighted by Gasteiger charge is -2.18. The summed E-state index contributed by atoms with van der Waals surface area (Å²) in [7, 11) is 0. The van der Waals surface area contributed by atoms with Crippen LogP contribution < -0.4 is 5.32 Å². The molecule has 0 aromatic heterocycles. The van der Waals surface area contributed by atoms with Crippen LogP contribution in [0.2, 0.25) is 0 Å². The Balaban J connectivity index is 4.20. The number of hydrogen-bond donors (Lipinski definition) is 5. The van der Waals surface area contributed by atoms with Gasteiger partial charge in [0.1, 0.15) is 6.04 Å². The molecule has 0 aliphatic carbocycles. The molecule has 0 aromatic carbocycles. The van der Waals surface area contributed by atoms with Gasteiger partial charge >= 0.3 is 11.9 Å². The molecule has 0 aliphatic rings. The molecule has 0 amide bonds. The van der Waals surface area contributed by atoms with Crippen molar-refractivity contribution in [3.05, 3.63) is 0 Å². The minimum absolute atomic E-state index is 0.218. The Morgan fingerprint density at radius 2 is 1.80 bits per heavy atom. The molecule has 0 aliphatic heterocycles. The summed E-state index contributed by atoms with van der Waals surface area (Å²) in [5.41, 5.74) is 0. The van der Waals surface area contributed by atoms with Gasteiger partial charge in [-0.1, -0.05) is 0 Å². The molecule has 7 heteroatoms. The lowest BCUT2D eigenvalue weighted by Crippen LogP contribution is -2.45. The van der Waals surface area contributed by atoms with Crippen molar-refractivity contribution >= 4 is 11.9 Å². The largest absolute Gasteiger partial charge is 0.481 e. The summed E-state index contributed by atoms with van der Waals surface area (Å²) in [4.78, 5) is 21.1. The summed E-state index contributed by atoms with van der Waals surface area (Å²) in [6, 6.07) is -1.22. The molecule has 2 unspecified atom stereocenters. The smallest absolute Gasteiger partial charge is 0.323 e. The first-order valence-corrected chi connectivity index (χ1v) is 4.38. The molecular weight excluding hydrogens is 206 g/mol. The lowest BCUT2D eigenvalue weighted by molar-refractivity contribution is -0.146. The van der Waals surface area contributed by atoms with E-state index >= 15 is 0 Å². The van der Waals surface area contributed by atoms with Crippen molar-refractivity contribution in [1.29, 1.82) is 0 Å². The fraction of sp³-hybridized carbons (Fsp3) is 0.750. The Morgan fingerprint density at radius 1 is 1.27 bits per heavy atom. The van der Waals surface area contributed by atoms with Crippen molar-refractivity contribution in [1.82, 2.24) is 5.32 Å². The minimum atomic E-state index is -1.27. The predicted molar refractivity (Wildman–Crippen MR) is 49.3 cm³/mol. The highest BCUT2D eigenvalue weighted by molar-refractivity contribution is 5.74. The van der Waals surface area contributed by atoms with Gasteiger partial charge in [0.25, 0.3) is 0 Å². The first-order valence-electron chi connectivity index (χ1n) is 4.38. The SMILES string of the molecule is CC(O)C(CN[C@@H](CO)C(=O)O)C(=O)O. The van der Waals surface area contributed by atoms with Crippen molar-refractivity contribution in [3.63, 3.8) is 0 Å². The summed E-state index contributed by atoms with van der Waals surface area (Å²) in [6.07, 6.45) is -1.09. The van der Waals surface area contributed by atoms with E-state index in [0.717, 1.165) is 0 Å². The van der Waals surface area contributed by atoms with Crippen molar-refractivity contribution in [2.24, 2.45) is 5.92 Å². The standard InChI is InChI=1S/C8H15NO6/c1-4(11)5(7(12)13)2-9-6(3-10)8(14)15/h4-6,9-11H,2-3H2,1H3,(H,12,13)(H,14,15)/t4?,5?,6-/m0/s1. The Kier molecular flexibility index (Phi) is 5.83. The third kappa shape index (κ3) is 4.73. The number of nitrogens with one attached hydrogen (secondary N) is 1. The topological polar surface area (TPSA) is 127 Å². The second-order valence-corrected chi connectivity index (χ2v) is 3.17. The van der Waals surface area contributed by atoms with E-state index in [1.165, 1.54) is 6.92 Å². The average molecular weight is 221 g/mol. The zero-order chi connectivity index (χ0) is 12.0. The molecule has 0 fully saturated rings. The molecule has 15 heavy (non-hydrogen) atoms. The van der Waals surface area contributed by atoms with E-state index < -0.39 is 36.6 Å². The Morgan fingerprint density at radius 3 is 2.07 bits per heavy atom. The maximum absolute atomic E-state index is 10.6. The van der Waals surface area contributed by atoms with Gasteiger partial charge in [0.05, 0.1) is 18.6 Å². The zero-order valence-electron chi connectivity index (χ0n) is 8.25. The maximum Gasteiger partial charge on any atom is 0.323 e. The second kappa shape index (κ2) is 6.33. The van der Waals surface area contributed by atoms with Crippen molar-refractivity contribution in [2.45, 2.75) is 19.1 Å². The first kappa shape index (κ1) is 13.8. The van der Waals surface area contributed by atoms with E-state index in [-0.39, 0.29) is 6.54 Å². The normalized spacial score (nSPS) is 16.7. The molecule has 5 N–H and O–H groups in total. The van der Waals surface area contributed by atoms with Crippen molar-refractivity contribution in [3.8, 4) is 0 Å². The number of carboxylic acids is 2. The van der Waals surface area contributed by atoms with E-state index in [1.807, 2.05) is 0 Å². The van der Waals surface area contributed by atoms with Gasteiger partial charge in [-0.05, 0) is 6.92 Å². The highest BCUT2D eigenvalue weighted by Gasteiger charge is 2.25. The van der Waals surface area contributed by atoms with Crippen LogP contribution in [0.5, 0.6) is 0 Å². The van der Waals surface area contributed by atoms with Gasteiger partial charge in [0, 0.05) is 6.54 Å². The molecule has 7 nitrogen and oxygen atoms in total. The molecule has 0 rings (SSSR count). The fourth-order valence-electron chi connectivity index (χ4n) is 0.963. The van der Waals surface area contributed by atoms with E-state index in [1.54, 1.807) is 0 Å². The maximum atomic E-state index is 10.6. The number of carbonyl (C=O) groups is 2. The molecule has 0 radical (unpaired) electrons. The van der Waals surface area contributed by atoms with Gasteiger partial charge < -0.3 is 25.7 Å². The zero-order valence-corrected chi connectivity index (χ0v) is 8.25. The van der Waals surface area contributed by atoms with Gasteiger partial charge in [-0.3, -0.25) is 9.59 Å².